The fourth-order valence-corrected chi connectivity index (χ4v) is 3.86. The van der Waals surface area contributed by atoms with Gasteiger partial charge in [-0.2, -0.15) is 0 Å². The molecular formula is C21H21NO2S. The van der Waals surface area contributed by atoms with Crippen LogP contribution in [0, 0.1) is 13.8 Å². The summed E-state index contributed by atoms with van der Waals surface area (Å²) >= 11 is 0. The van der Waals surface area contributed by atoms with Crippen molar-refractivity contribution in [2.45, 2.75) is 25.2 Å². The number of hydrogen-bond donors (Lipinski definition) is 1. The van der Waals surface area contributed by atoms with Crippen molar-refractivity contribution in [1.82, 2.24) is 0 Å². The van der Waals surface area contributed by atoms with E-state index in [1.54, 1.807) is 18.2 Å². The van der Waals surface area contributed by atoms with E-state index < -0.39 is 10.0 Å². The highest BCUT2D eigenvalue weighted by molar-refractivity contribution is 7.92. The summed E-state index contributed by atoms with van der Waals surface area (Å²) in [6.07, 6.45) is 0.673. The molecule has 0 aliphatic heterocycles. The third kappa shape index (κ3) is 4.09. The van der Waals surface area contributed by atoms with Gasteiger partial charge < -0.3 is 0 Å². The monoisotopic (exact) mass is 351 g/mol. The van der Waals surface area contributed by atoms with Gasteiger partial charge in [0.05, 0.1) is 10.6 Å². The first-order valence-electron chi connectivity index (χ1n) is 8.17. The van der Waals surface area contributed by atoms with Gasteiger partial charge in [-0.05, 0) is 60.7 Å². The third-order valence-corrected chi connectivity index (χ3v) is 5.65. The second kappa shape index (κ2) is 7.11. The Morgan fingerprint density at radius 3 is 2.20 bits per heavy atom. The van der Waals surface area contributed by atoms with E-state index in [4.69, 9.17) is 0 Å². The second-order valence-corrected chi connectivity index (χ2v) is 7.85. The van der Waals surface area contributed by atoms with Crippen molar-refractivity contribution in [2.75, 3.05) is 4.72 Å². The van der Waals surface area contributed by atoms with Gasteiger partial charge in [0.25, 0.3) is 10.0 Å². The van der Waals surface area contributed by atoms with Crippen molar-refractivity contribution in [3.63, 3.8) is 0 Å². The summed E-state index contributed by atoms with van der Waals surface area (Å²) in [5, 5.41) is 0. The Bertz CT molecular complexity index is 980. The Balaban J connectivity index is 1.91. The largest absolute Gasteiger partial charge is 0.279 e. The van der Waals surface area contributed by atoms with Crippen LogP contribution in [-0.2, 0) is 16.4 Å². The smallest absolute Gasteiger partial charge is 0.261 e. The number of anilines is 1. The summed E-state index contributed by atoms with van der Waals surface area (Å²) in [7, 11) is -3.62. The first-order chi connectivity index (χ1) is 12.0. The third-order valence-electron chi connectivity index (χ3n) is 4.29. The van der Waals surface area contributed by atoms with Crippen LogP contribution in [-0.4, -0.2) is 8.42 Å². The lowest BCUT2D eigenvalue weighted by molar-refractivity contribution is 0.601. The van der Waals surface area contributed by atoms with Crippen molar-refractivity contribution in [3.05, 3.63) is 95.1 Å². The van der Waals surface area contributed by atoms with Gasteiger partial charge in [-0.3, -0.25) is 4.72 Å². The molecule has 0 amide bonds. The Morgan fingerprint density at radius 2 is 1.48 bits per heavy atom. The summed E-state index contributed by atoms with van der Waals surface area (Å²) in [5.74, 6) is 0. The molecular weight excluding hydrogens is 330 g/mol. The van der Waals surface area contributed by atoms with Crippen LogP contribution in [0.25, 0.3) is 0 Å². The number of aryl methyl sites for hydroxylation is 2. The Kier molecular flexibility index (Phi) is 4.91. The number of benzene rings is 3. The zero-order chi connectivity index (χ0) is 17.9. The van der Waals surface area contributed by atoms with E-state index in [2.05, 4.69) is 4.72 Å². The molecule has 0 fully saturated rings. The van der Waals surface area contributed by atoms with Gasteiger partial charge >= 0.3 is 0 Å². The van der Waals surface area contributed by atoms with Crippen LogP contribution in [0.15, 0.2) is 77.7 Å². The molecule has 0 spiro atoms. The van der Waals surface area contributed by atoms with Crippen LogP contribution >= 0.6 is 0 Å². The first kappa shape index (κ1) is 17.2. The molecule has 0 radical (unpaired) electrons. The minimum absolute atomic E-state index is 0.283. The Hall–Kier alpha value is -2.59. The topological polar surface area (TPSA) is 46.2 Å². The van der Waals surface area contributed by atoms with Crippen molar-refractivity contribution in [2.24, 2.45) is 0 Å². The van der Waals surface area contributed by atoms with Crippen LogP contribution in [0.3, 0.4) is 0 Å². The van der Waals surface area contributed by atoms with Gasteiger partial charge in [-0.1, -0.05) is 54.6 Å². The lowest BCUT2D eigenvalue weighted by atomic mass is 10.0. The van der Waals surface area contributed by atoms with Crippen LogP contribution < -0.4 is 4.72 Å². The van der Waals surface area contributed by atoms with Crippen molar-refractivity contribution in [3.8, 4) is 0 Å². The van der Waals surface area contributed by atoms with Gasteiger partial charge in [0.2, 0.25) is 0 Å². The Morgan fingerprint density at radius 1 is 0.800 bits per heavy atom. The number of para-hydroxylation sites is 1. The molecule has 25 heavy (non-hydrogen) atoms. The highest BCUT2D eigenvalue weighted by Crippen LogP contribution is 2.23. The van der Waals surface area contributed by atoms with Gasteiger partial charge in [-0.25, -0.2) is 8.42 Å². The number of hydrogen-bond acceptors (Lipinski definition) is 2. The molecule has 0 saturated carbocycles. The van der Waals surface area contributed by atoms with Crippen molar-refractivity contribution < 1.29 is 8.42 Å². The molecule has 4 heteroatoms. The highest BCUT2D eigenvalue weighted by atomic mass is 32.2. The Labute approximate surface area is 149 Å². The number of nitrogens with one attached hydrogen (secondary N) is 1. The average Bonchev–Trinajstić information content (AvgIpc) is 2.60. The maximum absolute atomic E-state index is 12.8. The van der Waals surface area contributed by atoms with E-state index >= 15 is 0 Å². The molecule has 3 nitrogen and oxygen atoms in total. The predicted molar refractivity (Wildman–Crippen MR) is 102 cm³/mol. The zero-order valence-corrected chi connectivity index (χ0v) is 15.2. The quantitative estimate of drug-likeness (QED) is 0.724. The average molecular weight is 351 g/mol. The summed E-state index contributed by atoms with van der Waals surface area (Å²) in [6, 6.07) is 22.7. The molecule has 3 rings (SSSR count). The zero-order valence-electron chi connectivity index (χ0n) is 14.4. The minimum Gasteiger partial charge on any atom is -0.279 e. The molecule has 3 aromatic carbocycles. The molecule has 0 aromatic heterocycles. The van der Waals surface area contributed by atoms with Crippen molar-refractivity contribution >= 4 is 15.7 Å². The van der Waals surface area contributed by atoms with Gasteiger partial charge in [0.1, 0.15) is 0 Å². The maximum Gasteiger partial charge on any atom is 0.261 e. The van der Waals surface area contributed by atoms with E-state index in [0.29, 0.717) is 12.1 Å². The van der Waals surface area contributed by atoms with Crippen molar-refractivity contribution in [1.29, 1.82) is 0 Å². The molecule has 0 bridgehead atoms. The second-order valence-electron chi connectivity index (χ2n) is 6.17. The highest BCUT2D eigenvalue weighted by Gasteiger charge is 2.16. The standard InChI is InChI=1S/C21H21NO2S/c1-16-12-13-20(14-17(16)2)25(23,24)22-21-11-7-6-10-19(21)15-18-8-4-3-5-9-18/h3-14,22H,15H2,1-2H3. The normalized spacial score (nSPS) is 11.3. The summed E-state index contributed by atoms with van der Waals surface area (Å²) in [4.78, 5) is 0.283. The van der Waals surface area contributed by atoms with Crippen LogP contribution in [0.4, 0.5) is 5.69 Å². The molecule has 0 atom stereocenters. The number of sulfonamides is 1. The molecule has 128 valence electrons. The van der Waals surface area contributed by atoms with Crippen LogP contribution in [0.2, 0.25) is 0 Å². The molecule has 0 heterocycles. The first-order valence-corrected chi connectivity index (χ1v) is 9.66. The predicted octanol–water partition coefficient (Wildman–Crippen LogP) is 4.70. The molecule has 1 N–H and O–H groups in total. The van der Waals surface area contributed by atoms with Crippen LogP contribution in [0.1, 0.15) is 22.3 Å². The van der Waals surface area contributed by atoms with E-state index in [1.165, 1.54) is 0 Å². The molecule has 0 unspecified atom stereocenters. The lowest BCUT2D eigenvalue weighted by Gasteiger charge is -2.13. The SMILES string of the molecule is Cc1ccc(S(=O)(=O)Nc2ccccc2Cc2ccccc2)cc1C. The fraction of sp³-hybridized carbons (Fsp3) is 0.143. The summed E-state index contributed by atoms with van der Waals surface area (Å²) in [6.45, 7) is 3.88. The van der Waals surface area contributed by atoms with Crippen LogP contribution in [0.5, 0.6) is 0 Å². The summed E-state index contributed by atoms with van der Waals surface area (Å²) < 4.78 is 28.3. The summed E-state index contributed by atoms with van der Waals surface area (Å²) in [5.41, 5.74) is 4.73. The van der Waals surface area contributed by atoms with E-state index in [-0.39, 0.29) is 4.90 Å². The van der Waals surface area contributed by atoms with E-state index in [9.17, 15) is 8.42 Å². The maximum atomic E-state index is 12.8. The fourth-order valence-electron chi connectivity index (χ4n) is 2.67. The molecule has 0 saturated heterocycles. The lowest BCUT2D eigenvalue weighted by Crippen LogP contribution is -2.14. The molecule has 0 aliphatic carbocycles. The van der Waals surface area contributed by atoms with Gasteiger partial charge in [-0.15, -0.1) is 0 Å². The molecule has 3 aromatic rings. The van der Waals surface area contributed by atoms with Gasteiger partial charge in [0.15, 0.2) is 0 Å². The minimum atomic E-state index is -3.62. The van der Waals surface area contributed by atoms with E-state index in [0.717, 1.165) is 22.3 Å². The van der Waals surface area contributed by atoms with E-state index in [1.807, 2.05) is 68.4 Å². The molecule has 0 aliphatic rings. The number of rotatable bonds is 5. The van der Waals surface area contributed by atoms with Gasteiger partial charge in [0, 0.05) is 0 Å².